The fourth-order valence-corrected chi connectivity index (χ4v) is 4.31. The topological polar surface area (TPSA) is 57.7 Å². The Bertz CT molecular complexity index is 832. The monoisotopic (exact) mass is 364 g/mol. The minimum Gasteiger partial charge on any atom is -0.336 e. The van der Waals surface area contributed by atoms with E-state index in [1.54, 1.807) is 59.5 Å². The number of carbonyl (C=O) groups excluding carboxylic acids is 1. The van der Waals surface area contributed by atoms with Crippen LogP contribution in [0.5, 0.6) is 0 Å². The molecular formula is C17H17ClN2O3S. The van der Waals surface area contributed by atoms with Crippen molar-refractivity contribution in [2.45, 2.75) is 4.90 Å². The van der Waals surface area contributed by atoms with Crippen molar-refractivity contribution in [3.8, 4) is 0 Å². The van der Waals surface area contributed by atoms with Gasteiger partial charge in [-0.2, -0.15) is 4.31 Å². The Morgan fingerprint density at radius 3 is 2.21 bits per heavy atom. The summed E-state index contributed by atoms with van der Waals surface area (Å²) in [5.41, 5.74) is 0.516. The minimum atomic E-state index is -3.51. The van der Waals surface area contributed by atoms with Gasteiger partial charge in [0.25, 0.3) is 5.91 Å². The van der Waals surface area contributed by atoms with Crippen molar-refractivity contribution in [1.82, 2.24) is 9.21 Å². The van der Waals surface area contributed by atoms with E-state index < -0.39 is 10.0 Å². The Morgan fingerprint density at radius 1 is 0.917 bits per heavy atom. The second kappa shape index (κ2) is 6.93. The lowest BCUT2D eigenvalue weighted by atomic mass is 10.2. The Labute approximate surface area is 146 Å². The third kappa shape index (κ3) is 3.45. The molecule has 2 aromatic carbocycles. The molecule has 0 saturated carbocycles. The predicted molar refractivity (Wildman–Crippen MR) is 92.6 cm³/mol. The van der Waals surface area contributed by atoms with Gasteiger partial charge < -0.3 is 4.90 Å². The third-order valence-corrected chi connectivity index (χ3v) is 6.13. The summed E-state index contributed by atoms with van der Waals surface area (Å²) in [6.07, 6.45) is 0. The molecule has 1 saturated heterocycles. The van der Waals surface area contributed by atoms with Crippen molar-refractivity contribution in [1.29, 1.82) is 0 Å². The highest BCUT2D eigenvalue weighted by atomic mass is 35.5. The maximum absolute atomic E-state index is 12.6. The van der Waals surface area contributed by atoms with Crippen LogP contribution >= 0.6 is 11.6 Å². The molecule has 0 unspecified atom stereocenters. The van der Waals surface area contributed by atoms with Crippen LogP contribution in [-0.2, 0) is 10.0 Å². The van der Waals surface area contributed by atoms with Crippen LogP contribution in [0.2, 0.25) is 5.02 Å². The van der Waals surface area contributed by atoms with Crippen LogP contribution in [0, 0.1) is 0 Å². The first-order valence-electron chi connectivity index (χ1n) is 7.58. The Balaban J connectivity index is 1.69. The van der Waals surface area contributed by atoms with Gasteiger partial charge >= 0.3 is 0 Å². The van der Waals surface area contributed by atoms with Gasteiger partial charge in [0, 0.05) is 36.8 Å². The zero-order valence-corrected chi connectivity index (χ0v) is 14.5. The van der Waals surface area contributed by atoms with E-state index in [1.165, 1.54) is 4.31 Å². The molecule has 1 aliphatic heterocycles. The number of piperazine rings is 1. The molecule has 0 radical (unpaired) electrons. The van der Waals surface area contributed by atoms with E-state index in [2.05, 4.69) is 0 Å². The molecule has 24 heavy (non-hydrogen) atoms. The Morgan fingerprint density at radius 2 is 1.58 bits per heavy atom. The second-order valence-electron chi connectivity index (χ2n) is 5.52. The minimum absolute atomic E-state index is 0.130. The number of amides is 1. The molecule has 2 aromatic rings. The average Bonchev–Trinajstić information content (AvgIpc) is 2.62. The van der Waals surface area contributed by atoms with Crippen molar-refractivity contribution in [2.75, 3.05) is 26.2 Å². The van der Waals surface area contributed by atoms with E-state index in [0.717, 1.165) is 0 Å². The number of halogens is 1. The quantitative estimate of drug-likeness (QED) is 0.840. The summed E-state index contributed by atoms with van der Waals surface area (Å²) in [6.45, 7) is 1.28. The van der Waals surface area contributed by atoms with Crippen LogP contribution < -0.4 is 0 Å². The third-order valence-electron chi connectivity index (χ3n) is 3.98. The number of nitrogens with zero attached hydrogens (tertiary/aromatic N) is 2. The fraction of sp³-hybridized carbons (Fsp3) is 0.235. The number of hydrogen-bond donors (Lipinski definition) is 0. The van der Waals surface area contributed by atoms with Gasteiger partial charge in [-0.25, -0.2) is 8.42 Å². The van der Waals surface area contributed by atoms with E-state index >= 15 is 0 Å². The first-order valence-corrected chi connectivity index (χ1v) is 9.40. The summed E-state index contributed by atoms with van der Waals surface area (Å²) < 4.78 is 26.6. The summed E-state index contributed by atoms with van der Waals surface area (Å²) >= 11 is 5.92. The van der Waals surface area contributed by atoms with E-state index in [4.69, 9.17) is 11.6 Å². The lowest BCUT2D eigenvalue weighted by Gasteiger charge is -2.34. The van der Waals surface area contributed by atoms with Crippen molar-refractivity contribution < 1.29 is 13.2 Å². The molecule has 0 N–H and O–H groups in total. The number of rotatable bonds is 3. The van der Waals surface area contributed by atoms with E-state index in [-0.39, 0.29) is 23.9 Å². The summed E-state index contributed by atoms with van der Waals surface area (Å²) in [5, 5.41) is 0.506. The van der Waals surface area contributed by atoms with Crippen LogP contribution in [0.25, 0.3) is 0 Å². The molecular weight excluding hydrogens is 348 g/mol. The molecule has 1 heterocycles. The Kier molecular flexibility index (Phi) is 4.89. The summed E-state index contributed by atoms with van der Waals surface area (Å²) in [6, 6.07) is 15.1. The van der Waals surface area contributed by atoms with Gasteiger partial charge in [0.15, 0.2) is 0 Å². The highest BCUT2D eigenvalue weighted by molar-refractivity contribution is 7.89. The van der Waals surface area contributed by atoms with Crippen LogP contribution in [0.15, 0.2) is 59.5 Å². The molecule has 0 aromatic heterocycles. The van der Waals surface area contributed by atoms with Crippen molar-refractivity contribution in [3.63, 3.8) is 0 Å². The molecule has 0 atom stereocenters. The lowest BCUT2D eigenvalue weighted by Crippen LogP contribution is -2.50. The summed E-state index contributed by atoms with van der Waals surface area (Å²) in [5.74, 6) is -0.130. The Hall–Kier alpha value is -1.89. The van der Waals surface area contributed by atoms with Gasteiger partial charge in [-0.3, -0.25) is 4.79 Å². The number of hydrogen-bond acceptors (Lipinski definition) is 3. The normalized spacial score (nSPS) is 16.1. The zero-order chi connectivity index (χ0) is 17.2. The van der Waals surface area contributed by atoms with E-state index in [9.17, 15) is 13.2 Å². The molecule has 1 aliphatic rings. The SMILES string of the molecule is O=C(c1cccc(Cl)c1)N1CCN(S(=O)(=O)c2ccccc2)CC1. The molecule has 7 heteroatoms. The van der Waals surface area contributed by atoms with Crippen LogP contribution in [0.4, 0.5) is 0 Å². The maximum atomic E-state index is 12.6. The molecule has 126 valence electrons. The van der Waals surface area contributed by atoms with E-state index in [0.29, 0.717) is 23.7 Å². The standard InChI is InChI=1S/C17H17ClN2O3S/c18-15-6-4-5-14(13-15)17(21)19-9-11-20(12-10-19)24(22,23)16-7-2-1-3-8-16/h1-8,13H,9-12H2. The highest BCUT2D eigenvalue weighted by Gasteiger charge is 2.30. The lowest BCUT2D eigenvalue weighted by molar-refractivity contribution is 0.0698. The summed E-state index contributed by atoms with van der Waals surface area (Å²) in [4.78, 5) is 14.4. The van der Waals surface area contributed by atoms with Crippen LogP contribution in [-0.4, -0.2) is 49.7 Å². The predicted octanol–water partition coefficient (Wildman–Crippen LogP) is 2.49. The van der Waals surface area contributed by atoms with Crippen molar-refractivity contribution >= 4 is 27.5 Å². The zero-order valence-electron chi connectivity index (χ0n) is 12.9. The molecule has 3 rings (SSSR count). The molecule has 5 nitrogen and oxygen atoms in total. The van der Waals surface area contributed by atoms with Crippen LogP contribution in [0.3, 0.4) is 0 Å². The van der Waals surface area contributed by atoms with E-state index in [1.807, 2.05) is 0 Å². The molecule has 0 spiro atoms. The molecule has 0 bridgehead atoms. The first-order chi connectivity index (χ1) is 11.5. The van der Waals surface area contributed by atoms with Gasteiger partial charge in [-0.1, -0.05) is 35.9 Å². The second-order valence-corrected chi connectivity index (χ2v) is 7.89. The molecule has 0 aliphatic carbocycles. The van der Waals surface area contributed by atoms with Gasteiger partial charge in [0.05, 0.1) is 4.90 Å². The summed E-state index contributed by atoms with van der Waals surface area (Å²) in [7, 11) is -3.51. The van der Waals surface area contributed by atoms with Crippen LogP contribution in [0.1, 0.15) is 10.4 Å². The van der Waals surface area contributed by atoms with Gasteiger partial charge in [0.2, 0.25) is 10.0 Å². The number of carbonyl (C=O) groups is 1. The maximum Gasteiger partial charge on any atom is 0.253 e. The largest absolute Gasteiger partial charge is 0.336 e. The van der Waals surface area contributed by atoms with Gasteiger partial charge in [0.1, 0.15) is 0 Å². The van der Waals surface area contributed by atoms with Gasteiger partial charge in [-0.05, 0) is 30.3 Å². The van der Waals surface area contributed by atoms with Crippen molar-refractivity contribution in [2.24, 2.45) is 0 Å². The number of sulfonamides is 1. The number of benzene rings is 2. The average molecular weight is 365 g/mol. The molecule has 1 amide bonds. The highest BCUT2D eigenvalue weighted by Crippen LogP contribution is 2.19. The van der Waals surface area contributed by atoms with Crippen molar-refractivity contribution in [3.05, 3.63) is 65.2 Å². The molecule has 1 fully saturated rings. The first kappa shape index (κ1) is 17.0. The fourth-order valence-electron chi connectivity index (χ4n) is 2.68. The smallest absolute Gasteiger partial charge is 0.253 e. The van der Waals surface area contributed by atoms with Gasteiger partial charge in [-0.15, -0.1) is 0 Å².